The van der Waals surface area contributed by atoms with Crippen molar-refractivity contribution in [1.82, 2.24) is 4.98 Å². The summed E-state index contributed by atoms with van der Waals surface area (Å²) in [6, 6.07) is 15.0. The van der Waals surface area contributed by atoms with Crippen LogP contribution in [0.2, 0.25) is 5.02 Å². The van der Waals surface area contributed by atoms with Crippen molar-refractivity contribution in [3.8, 4) is 17.1 Å². The average Bonchev–Trinajstić information content (AvgIpc) is 3.15. The summed E-state index contributed by atoms with van der Waals surface area (Å²) in [5.41, 5.74) is 1.83. The van der Waals surface area contributed by atoms with E-state index in [1.165, 1.54) is 0 Å². The number of benzene rings is 2. The van der Waals surface area contributed by atoms with Crippen LogP contribution in [0.3, 0.4) is 0 Å². The third-order valence-electron chi connectivity index (χ3n) is 4.21. The molecule has 4 rings (SSSR count). The van der Waals surface area contributed by atoms with Gasteiger partial charge in [-0.15, -0.1) is 0 Å². The van der Waals surface area contributed by atoms with Gasteiger partial charge in [0.15, 0.2) is 12.4 Å². The molecular formula is C20H16ClNO4. The van der Waals surface area contributed by atoms with Crippen LogP contribution >= 0.6 is 11.6 Å². The van der Waals surface area contributed by atoms with E-state index < -0.39 is 0 Å². The molecule has 1 aliphatic rings. The van der Waals surface area contributed by atoms with Crippen molar-refractivity contribution in [2.24, 2.45) is 5.92 Å². The second-order valence-corrected chi connectivity index (χ2v) is 6.49. The quantitative estimate of drug-likeness (QED) is 0.642. The Hall–Kier alpha value is -2.79. The number of nitrogens with zero attached hydrogens (tertiary/aromatic N) is 1. The summed E-state index contributed by atoms with van der Waals surface area (Å²) in [5, 5.41) is 0.620. The number of ether oxygens (including phenoxy) is 2. The summed E-state index contributed by atoms with van der Waals surface area (Å²) in [4.78, 5) is 16.5. The van der Waals surface area contributed by atoms with E-state index in [0.29, 0.717) is 23.1 Å². The molecule has 0 radical (unpaired) electrons. The molecule has 1 atom stereocenters. The number of halogens is 1. The molecule has 0 amide bonds. The first-order valence-corrected chi connectivity index (χ1v) is 8.65. The first kappa shape index (κ1) is 16.7. The zero-order valence-corrected chi connectivity index (χ0v) is 14.6. The number of esters is 1. The van der Waals surface area contributed by atoms with Crippen molar-refractivity contribution < 1.29 is 18.7 Å². The lowest BCUT2D eigenvalue weighted by Gasteiger charge is -2.23. The monoisotopic (exact) mass is 369 g/mol. The molecule has 0 N–H and O–H groups in total. The molecule has 0 spiro atoms. The summed E-state index contributed by atoms with van der Waals surface area (Å²) in [6.07, 6.45) is 2.16. The highest BCUT2D eigenvalue weighted by atomic mass is 35.5. The van der Waals surface area contributed by atoms with Gasteiger partial charge in [-0.2, -0.15) is 0 Å². The molecule has 3 aromatic rings. The lowest BCUT2D eigenvalue weighted by molar-refractivity contribution is -0.152. The Morgan fingerprint density at radius 2 is 2.08 bits per heavy atom. The fourth-order valence-corrected chi connectivity index (χ4v) is 3.07. The minimum absolute atomic E-state index is 0.00936. The van der Waals surface area contributed by atoms with Crippen LogP contribution in [-0.2, 0) is 22.6 Å². The number of carbonyl (C=O) groups excluding carboxylic acids is 1. The second kappa shape index (κ2) is 7.22. The second-order valence-electron chi connectivity index (χ2n) is 6.06. The maximum Gasteiger partial charge on any atom is 0.313 e. The van der Waals surface area contributed by atoms with Crippen molar-refractivity contribution in [2.45, 2.75) is 13.0 Å². The maximum absolute atomic E-state index is 12.3. The number of aromatic nitrogens is 1. The fraction of sp³-hybridized carbons (Fsp3) is 0.200. The van der Waals surface area contributed by atoms with Gasteiger partial charge in [-0.3, -0.25) is 4.79 Å². The van der Waals surface area contributed by atoms with Crippen LogP contribution < -0.4 is 4.74 Å². The SMILES string of the molecule is O=C(OCc1ncc(-c2ccccc2)o1)[C@H]1COc2ccc(Cl)cc2C1. The van der Waals surface area contributed by atoms with E-state index in [2.05, 4.69) is 4.98 Å². The first-order valence-electron chi connectivity index (χ1n) is 8.27. The standard InChI is InChI=1S/C20H16ClNO4/c21-16-6-7-17-14(9-16)8-15(11-24-17)20(23)25-12-19-22-10-18(26-19)13-4-2-1-3-5-13/h1-7,9-10,15H,8,11-12H2/t15-/m1/s1. The average molecular weight is 370 g/mol. The van der Waals surface area contributed by atoms with Gasteiger partial charge in [0.2, 0.25) is 5.89 Å². The van der Waals surface area contributed by atoms with E-state index in [0.717, 1.165) is 16.9 Å². The van der Waals surface area contributed by atoms with E-state index >= 15 is 0 Å². The number of rotatable bonds is 4. The van der Waals surface area contributed by atoms with E-state index in [9.17, 15) is 4.79 Å². The van der Waals surface area contributed by atoms with Crippen molar-refractivity contribution in [3.05, 3.63) is 71.2 Å². The highest BCUT2D eigenvalue weighted by Crippen LogP contribution is 2.30. The summed E-state index contributed by atoms with van der Waals surface area (Å²) in [5.74, 6) is 1.05. The Balaban J connectivity index is 1.37. The zero-order chi connectivity index (χ0) is 17.9. The molecular weight excluding hydrogens is 354 g/mol. The highest BCUT2D eigenvalue weighted by Gasteiger charge is 2.27. The summed E-state index contributed by atoms with van der Waals surface area (Å²) in [6.45, 7) is 0.277. The van der Waals surface area contributed by atoms with E-state index in [-0.39, 0.29) is 25.1 Å². The third-order valence-corrected chi connectivity index (χ3v) is 4.45. The van der Waals surface area contributed by atoms with Gasteiger partial charge in [-0.25, -0.2) is 4.98 Å². The van der Waals surface area contributed by atoms with E-state index in [4.69, 9.17) is 25.5 Å². The summed E-state index contributed by atoms with van der Waals surface area (Å²) < 4.78 is 16.6. The number of oxazole rings is 1. The Morgan fingerprint density at radius 3 is 2.92 bits per heavy atom. The molecule has 26 heavy (non-hydrogen) atoms. The molecule has 0 saturated heterocycles. The van der Waals surface area contributed by atoms with Crippen molar-refractivity contribution >= 4 is 17.6 Å². The molecule has 0 fully saturated rings. The van der Waals surface area contributed by atoms with Crippen molar-refractivity contribution in [3.63, 3.8) is 0 Å². The number of fused-ring (bicyclic) bond motifs is 1. The number of hydrogen-bond donors (Lipinski definition) is 0. The smallest absolute Gasteiger partial charge is 0.313 e. The van der Waals surface area contributed by atoms with Gasteiger partial charge in [0.1, 0.15) is 12.4 Å². The maximum atomic E-state index is 12.3. The van der Waals surface area contributed by atoms with Crippen LogP contribution in [-0.4, -0.2) is 17.6 Å². The Kier molecular flexibility index (Phi) is 4.63. The summed E-state index contributed by atoms with van der Waals surface area (Å²) in [7, 11) is 0. The van der Waals surface area contributed by atoms with Crippen LogP contribution in [0.4, 0.5) is 0 Å². The van der Waals surface area contributed by atoms with Crippen molar-refractivity contribution in [1.29, 1.82) is 0 Å². The van der Waals surface area contributed by atoms with Crippen LogP contribution in [0.25, 0.3) is 11.3 Å². The molecule has 2 aromatic carbocycles. The van der Waals surface area contributed by atoms with Crippen LogP contribution in [0.5, 0.6) is 5.75 Å². The molecule has 0 bridgehead atoms. The number of hydrogen-bond acceptors (Lipinski definition) is 5. The number of carbonyl (C=O) groups is 1. The Labute approximate surface area is 155 Å². The molecule has 0 aliphatic carbocycles. The van der Waals surface area contributed by atoms with Gasteiger partial charge in [0.25, 0.3) is 0 Å². The van der Waals surface area contributed by atoms with Gasteiger partial charge in [0.05, 0.1) is 12.1 Å². The summed E-state index contributed by atoms with van der Waals surface area (Å²) >= 11 is 6.01. The van der Waals surface area contributed by atoms with Gasteiger partial charge >= 0.3 is 5.97 Å². The molecule has 2 heterocycles. The molecule has 5 nitrogen and oxygen atoms in total. The molecule has 0 saturated carbocycles. The van der Waals surface area contributed by atoms with Gasteiger partial charge in [0, 0.05) is 10.6 Å². The normalized spacial score (nSPS) is 15.8. The van der Waals surface area contributed by atoms with E-state index in [1.807, 2.05) is 42.5 Å². The lowest BCUT2D eigenvalue weighted by atomic mass is 9.97. The van der Waals surface area contributed by atoms with Gasteiger partial charge < -0.3 is 13.9 Å². The lowest BCUT2D eigenvalue weighted by Crippen LogP contribution is -2.29. The molecule has 6 heteroatoms. The Bertz CT molecular complexity index is 923. The topological polar surface area (TPSA) is 61.6 Å². The van der Waals surface area contributed by atoms with E-state index in [1.54, 1.807) is 12.3 Å². The predicted molar refractivity (Wildman–Crippen MR) is 95.9 cm³/mol. The third kappa shape index (κ3) is 3.58. The van der Waals surface area contributed by atoms with Gasteiger partial charge in [-0.1, -0.05) is 41.9 Å². The van der Waals surface area contributed by atoms with Crippen LogP contribution in [0.1, 0.15) is 11.5 Å². The minimum Gasteiger partial charge on any atom is -0.492 e. The molecule has 132 valence electrons. The Morgan fingerprint density at radius 1 is 1.23 bits per heavy atom. The first-order chi connectivity index (χ1) is 12.7. The van der Waals surface area contributed by atoms with Crippen LogP contribution in [0, 0.1) is 5.92 Å². The van der Waals surface area contributed by atoms with Gasteiger partial charge in [-0.05, 0) is 30.2 Å². The minimum atomic E-state index is -0.371. The van der Waals surface area contributed by atoms with Crippen LogP contribution in [0.15, 0.2) is 59.1 Å². The molecule has 0 unspecified atom stereocenters. The highest BCUT2D eigenvalue weighted by molar-refractivity contribution is 6.30. The zero-order valence-electron chi connectivity index (χ0n) is 13.9. The molecule has 1 aromatic heterocycles. The van der Waals surface area contributed by atoms with Crippen molar-refractivity contribution in [2.75, 3.05) is 6.61 Å². The molecule has 1 aliphatic heterocycles. The largest absolute Gasteiger partial charge is 0.492 e. The fourth-order valence-electron chi connectivity index (χ4n) is 2.88. The predicted octanol–water partition coefficient (Wildman–Crippen LogP) is 4.29.